The normalized spacial score (nSPS) is 36.8. The van der Waals surface area contributed by atoms with Crippen molar-refractivity contribution in [2.24, 2.45) is 17.3 Å². The monoisotopic (exact) mass is 222 g/mol. The summed E-state index contributed by atoms with van der Waals surface area (Å²) in [5, 5.41) is 3.43. The van der Waals surface area contributed by atoms with Crippen LogP contribution in [0.5, 0.6) is 0 Å². The van der Waals surface area contributed by atoms with Gasteiger partial charge in [-0.15, -0.1) is 0 Å². The molecular formula is C14H26N2. The first kappa shape index (κ1) is 11.0. The third-order valence-electron chi connectivity index (χ3n) is 5.06. The van der Waals surface area contributed by atoms with Crippen LogP contribution in [0.15, 0.2) is 0 Å². The number of nitrogens with one attached hydrogen (secondary N) is 1. The maximum atomic E-state index is 3.43. The molecule has 0 aromatic carbocycles. The second kappa shape index (κ2) is 3.99. The van der Waals surface area contributed by atoms with E-state index in [0.29, 0.717) is 5.41 Å². The Labute approximate surface area is 99.8 Å². The van der Waals surface area contributed by atoms with Gasteiger partial charge in [0.1, 0.15) is 0 Å². The van der Waals surface area contributed by atoms with Crippen LogP contribution in [0.25, 0.3) is 0 Å². The summed E-state index contributed by atoms with van der Waals surface area (Å²) >= 11 is 0. The second-order valence-electron chi connectivity index (χ2n) is 7.04. The van der Waals surface area contributed by atoms with Gasteiger partial charge in [0.25, 0.3) is 0 Å². The summed E-state index contributed by atoms with van der Waals surface area (Å²) in [5.41, 5.74) is 0.635. The van der Waals surface area contributed by atoms with E-state index in [-0.39, 0.29) is 0 Å². The molecular weight excluding hydrogens is 196 g/mol. The minimum Gasteiger partial charge on any atom is -0.316 e. The third-order valence-corrected chi connectivity index (χ3v) is 5.06. The van der Waals surface area contributed by atoms with Crippen molar-refractivity contribution in [2.45, 2.75) is 45.6 Å². The van der Waals surface area contributed by atoms with E-state index < -0.39 is 0 Å². The predicted octanol–water partition coefficient (Wildman–Crippen LogP) is 2.11. The highest BCUT2D eigenvalue weighted by Crippen LogP contribution is 2.44. The van der Waals surface area contributed by atoms with Crippen LogP contribution in [0.4, 0.5) is 0 Å². The topological polar surface area (TPSA) is 15.3 Å². The number of likely N-dealkylation sites (tertiary alicyclic amines) is 1. The van der Waals surface area contributed by atoms with Crippen molar-refractivity contribution < 1.29 is 0 Å². The van der Waals surface area contributed by atoms with E-state index in [4.69, 9.17) is 0 Å². The molecule has 0 unspecified atom stereocenters. The molecule has 3 aliphatic rings. The zero-order valence-electron chi connectivity index (χ0n) is 10.8. The number of hydrogen-bond donors (Lipinski definition) is 1. The summed E-state index contributed by atoms with van der Waals surface area (Å²) in [6, 6.07) is 0.922. The lowest BCUT2D eigenvalue weighted by Crippen LogP contribution is -2.56. The Kier molecular flexibility index (Phi) is 2.75. The summed E-state index contributed by atoms with van der Waals surface area (Å²) < 4.78 is 0. The standard InChI is InChI=1S/C14H26N2/c1-14(2)6-13(7-14)16-5-3-4-11(10-16)12-8-15-9-12/h11-13,15H,3-10H2,1-2H3/t11-/m0/s1. The largest absolute Gasteiger partial charge is 0.316 e. The van der Waals surface area contributed by atoms with Gasteiger partial charge >= 0.3 is 0 Å². The molecule has 0 radical (unpaired) electrons. The molecule has 92 valence electrons. The smallest absolute Gasteiger partial charge is 0.0106 e. The summed E-state index contributed by atoms with van der Waals surface area (Å²) in [7, 11) is 0. The minimum atomic E-state index is 0.635. The molecule has 0 spiro atoms. The molecule has 2 heterocycles. The molecule has 0 aromatic rings. The van der Waals surface area contributed by atoms with Crippen LogP contribution >= 0.6 is 0 Å². The van der Waals surface area contributed by atoms with E-state index in [2.05, 4.69) is 24.1 Å². The van der Waals surface area contributed by atoms with Gasteiger partial charge in [0.2, 0.25) is 0 Å². The van der Waals surface area contributed by atoms with E-state index in [1.54, 1.807) is 0 Å². The van der Waals surface area contributed by atoms with Crippen molar-refractivity contribution in [3.05, 3.63) is 0 Å². The third kappa shape index (κ3) is 2.02. The molecule has 0 aromatic heterocycles. The molecule has 3 rings (SSSR count). The van der Waals surface area contributed by atoms with Crippen LogP contribution in [0.3, 0.4) is 0 Å². The summed E-state index contributed by atoms with van der Waals surface area (Å²) in [6.45, 7) is 10.2. The lowest BCUT2D eigenvalue weighted by Gasteiger charge is -2.52. The molecule has 1 saturated carbocycles. The molecule has 1 N–H and O–H groups in total. The van der Waals surface area contributed by atoms with Crippen molar-refractivity contribution >= 4 is 0 Å². The predicted molar refractivity (Wildman–Crippen MR) is 67.5 cm³/mol. The van der Waals surface area contributed by atoms with Crippen LogP contribution in [-0.4, -0.2) is 37.1 Å². The van der Waals surface area contributed by atoms with Gasteiger partial charge in [-0.2, -0.15) is 0 Å². The highest BCUT2D eigenvalue weighted by atomic mass is 15.2. The molecule has 0 amide bonds. The quantitative estimate of drug-likeness (QED) is 0.770. The average Bonchev–Trinajstić information content (AvgIpc) is 2.12. The second-order valence-corrected chi connectivity index (χ2v) is 7.04. The molecule has 2 nitrogen and oxygen atoms in total. The first-order chi connectivity index (χ1) is 7.64. The van der Waals surface area contributed by atoms with Crippen LogP contribution in [-0.2, 0) is 0 Å². The molecule has 16 heavy (non-hydrogen) atoms. The molecule has 2 heteroatoms. The Bertz CT molecular complexity index is 249. The van der Waals surface area contributed by atoms with Gasteiger partial charge in [-0.25, -0.2) is 0 Å². The SMILES string of the molecule is CC1(C)CC(N2CCC[C@H](C3CNC3)C2)C1. The van der Waals surface area contributed by atoms with Crippen molar-refractivity contribution in [1.82, 2.24) is 10.2 Å². The van der Waals surface area contributed by atoms with E-state index >= 15 is 0 Å². The van der Waals surface area contributed by atoms with Gasteiger partial charge in [0.15, 0.2) is 0 Å². The zero-order chi connectivity index (χ0) is 11.2. The maximum absolute atomic E-state index is 3.43. The first-order valence-electron chi connectivity index (χ1n) is 7.09. The molecule has 3 fully saturated rings. The van der Waals surface area contributed by atoms with Crippen molar-refractivity contribution in [1.29, 1.82) is 0 Å². The number of rotatable bonds is 2. The molecule has 0 bridgehead atoms. The Hall–Kier alpha value is -0.0800. The molecule has 2 aliphatic heterocycles. The van der Waals surface area contributed by atoms with Crippen molar-refractivity contribution in [2.75, 3.05) is 26.2 Å². The van der Waals surface area contributed by atoms with Gasteiger partial charge < -0.3 is 10.2 Å². The first-order valence-corrected chi connectivity index (χ1v) is 7.09. The van der Waals surface area contributed by atoms with E-state index in [1.807, 2.05) is 0 Å². The van der Waals surface area contributed by atoms with Crippen LogP contribution < -0.4 is 5.32 Å². The lowest BCUT2D eigenvalue weighted by atomic mass is 9.67. The fraction of sp³-hybridized carbons (Fsp3) is 1.00. The van der Waals surface area contributed by atoms with Crippen LogP contribution in [0, 0.1) is 17.3 Å². The number of piperidine rings is 1. The minimum absolute atomic E-state index is 0.635. The Morgan fingerprint density at radius 1 is 1.12 bits per heavy atom. The van der Waals surface area contributed by atoms with Crippen LogP contribution in [0.2, 0.25) is 0 Å². The fourth-order valence-electron chi connectivity index (χ4n) is 3.88. The van der Waals surface area contributed by atoms with Gasteiger partial charge in [0.05, 0.1) is 0 Å². The molecule has 1 aliphatic carbocycles. The van der Waals surface area contributed by atoms with Gasteiger partial charge in [-0.05, 0) is 62.6 Å². The van der Waals surface area contributed by atoms with E-state index in [9.17, 15) is 0 Å². The highest BCUT2D eigenvalue weighted by Gasteiger charge is 2.41. The molecule has 1 atom stereocenters. The number of hydrogen-bond acceptors (Lipinski definition) is 2. The van der Waals surface area contributed by atoms with E-state index in [0.717, 1.165) is 17.9 Å². The Morgan fingerprint density at radius 2 is 1.88 bits per heavy atom. The summed E-state index contributed by atoms with van der Waals surface area (Å²) in [4.78, 5) is 2.80. The highest BCUT2D eigenvalue weighted by molar-refractivity contribution is 4.96. The average molecular weight is 222 g/mol. The maximum Gasteiger partial charge on any atom is 0.0106 e. The molecule has 2 saturated heterocycles. The fourth-order valence-corrected chi connectivity index (χ4v) is 3.88. The van der Waals surface area contributed by atoms with Crippen molar-refractivity contribution in [3.63, 3.8) is 0 Å². The Balaban J connectivity index is 1.52. The van der Waals surface area contributed by atoms with Gasteiger partial charge in [0, 0.05) is 12.6 Å². The van der Waals surface area contributed by atoms with Gasteiger partial charge in [-0.1, -0.05) is 13.8 Å². The lowest BCUT2D eigenvalue weighted by molar-refractivity contribution is -0.0112. The van der Waals surface area contributed by atoms with E-state index in [1.165, 1.54) is 51.9 Å². The van der Waals surface area contributed by atoms with Gasteiger partial charge in [-0.3, -0.25) is 0 Å². The van der Waals surface area contributed by atoms with Crippen LogP contribution in [0.1, 0.15) is 39.5 Å². The zero-order valence-corrected chi connectivity index (χ0v) is 10.8. The summed E-state index contributed by atoms with van der Waals surface area (Å²) in [6.07, 6.45) is 5.79. The number of nitrogens with zero attached hydrogens (tertiary/aromatic N) is 1. The summed E-state index contributed by atoms with van der Waals surface area (Å²) in [5.74, 6) is 1.99. The Morgan fingerprint density at radius 3 is 2.44 bits per heavy atom. The van der Waals surface area contributed by atoms with Crippen molar-refractivity contribution in [3.8, 4) is 0 Å².